The smallest absolute Gasteiger partial charge is 0.393 e. The SMILES string of the molecule is CC(O)CC(O)(C(F)(F)F)C(F)(F)F.CC(O)CCC(O)(C(F)(F)F)C(F)(F)F.OC(CC(O)(C(F)(F)F)C(F)(F)F)CC(O)(C(F)(F)F)C(F)(F)F. The fourth-order valence-electron chi connectivity index (χ4n) is 3.22. The van der Waals surface area contributed by atoms with Crippen LogP contribution < -0.4 is 0 Å². The molecule has 0 fully saturated rings. The van der Waals surface area contributed by atoms with Crippen LogP contribution >= 0.6 is 0 Å². The molecule has 0 heterocycles. The Bertz CT molecular complexity index is 997. The average Bonchev–Trinajstić information content (AvgIpc) is 2.82. The van der Waals surface area contributed by atoms with Gasteiger partial charge in [0.05, 0.1) is 18.3 Å². The minimum atomic E-state index is -6.57. The zero-order valence-electron chi connectivity index (χ0n) is 25.5. The van der Waals surface area contributed by atoms with E-state index in [0.717, 1.165) is 13.8 Å². The summed E-state index contributed by atoms with van der Waals surface area (Å²) in [6.07, 6.45) is -66.8. The van der Waals surface area contributed by atoms with E-state index in [0.29, 0.717) is 0 Å². The van der Waals surface area contributed by atoms with Crippen LogP contribution in [0, 0.1) is 0 Å². The third kappa shape index (κ3) is 13.9. The lowest BCUT2D eigenvalue weighted by molar-refractivity contribution is -0.386. The molecule has 0 radical (unpaired) electrons. The average molecular weight is 858 g/mol. The zero-order chi connectivity index (χ0) is 44.3. The van der Waals surface area contributed by atoms with E-state index in [2.05, 4.69) is 0 Å². The fraction of sp³-hybridized carbons (Fsp3) is 1.00. The fourth-order valence-corrected chi connectivity index (χ4v) is 3.22. The zero-order valence-corrected chi connectivity index (χ0v) is 25.5. The molecule has 2 unspecified atom stereocenters. The van der Waals surface area contributed by atoms with Gasteiger partial charge in [-0.3, -0.25) is 0 Å². The van der Waals surface area contributed by atoms with E-state index in [-0.39, 0.29) is 0 Å². The van der Waals surface area contributed by atoms with Crippen LogP contribution in [-0.2, 0) is 0 Å². The van der Waals surface area contributed by atoms with Crippen molar-refractivity contribution in [2.75, 3.05) is 0 Å². The second-order valence-electron chi connectivity index (χ2n) is 10.9. The van der Waals surface area contributed by atoms with Crippen molar-refractivity contribution in [2.24, 2.45) is 0 Å². The maximum absolute atomic E-state index is 12.3. The third-order valence-corrected chi connectivity index (χ3v) is 6.33. The lowest BCUT2D eigenvalue weighted by Crippen LogP contribution is -2.61. The van der Waals surface area contributed by atoms with Gasteiger partial charge in [-0.05, 0) is 26.7 Å². The predicted molar refractivity (Wildman–Crippen MR) is 121 cm³/mol. The Morgan fingerprint density at radius 3 is 0.642 bits per heavy atom. The molecule has 0 aromatic rings. The Kier molecular flexibility index (Phi) is 17.8. The molecule has 0 saturated heterocycles. The Morgan fingerprint density at radius 2 is 0.509 bits per heavy atom. The van der Waals surface area contributed by atoms with E-state index in [4.69, 9.17) is 35.7 Å². The number of alkyl halides is 24. The molecule has 7 N–H and O–H groups in total. The molecule has 0 amide bonds. The number of halogens is 24. The molecule has 0 aliphatic heterocycles. The lowest BCUT2D eigenvalue weighted by Gasteiger charge is -2.37. The van der Waals surface area contributed by atoms with Crippen molar-refractivity contribution in [1.29, 1.82) is 0 Å². The van der Waals surface area contributed by atoms with E-state index in [1.165, 1.54) is 0 Å². The minimum absolute atomic E-state index is 0.725. The number of aliphatic hydroxyl groups excluding tert-OH is 3. The van der Waals surface area contributed by atoms with Gasteiger partial charge in [0.25, 0.3) is 22.4 Å². The Labute approximate surface area is 278 Å². The summed E-state index contributed by atoms with van der Waals surface area (Å²) in [5.41, 5.74) is -21.2. The molecule has 0 aliphatic carbocycles. The van der Waals surface area contributed by atoms with E-state index >= 15 is 0 Å². The molecule has 7 nitrogen and oxygen atoms in total. The van der Waals surface area contributed by atoms with Gasteiger partial charge in [0.2, 0.25) is 0 Å². The van der Waals surface area contributed by atoms with Crippen LogP contribution in [0.2, 0.25) is 0 Å². The van der Waals surface area contributed by atoms with E-state index in [1.54, 1.807) is 0 Å². The second kappa shape index (κ2) is 17.0. The van der Waals surface area contributed by atoms with Crippen molar-refractivity contribution in [3.63, 3.8) is 0 Å². The quantitative estimate of drug-likeness (QED) is 0.132. The molecular weight excluding hydrogens is 832 g/mol. The summed E-state index contributed by atoms with van der Waals surface area (Å²) < 4.78 is 291. The van der Waals surface area contributed by atoms with Crippen LogP contribution in [-0.4, -0.2) is 126 Å². The maximum Gasteiger partial charge on any atom is 0.426 e. The van der Waals surface area contributed by atoms with E-state index < -0.39 is 122 Å². The first-order valence-electron chi connectivity index (χ1n) is 12.9. The Balaban J connectivity index is -0.000000747. The first kappa shape index (κ1) is 55.4. The van der Waals surface area contributed by atoms with Gasteiger partial charge in [-0.2, -0.15) is 105 Å². The molecule has 0 aliphatic rings. The normalized spacial score (nSPS) is 16.4. The standard InChI is InChI=1S/C9H8F12O3.C7H10F6O2.C6H8F6O2/c10-6(11,12)4(23,7(13,14)15)1-3(22)2-5(24,8(16,17)18)9(19,20)21;1-4(14)2-3-5(15,6(8,9)10)7(11,12)13;1-3(13)2-4(14,5(7,8)9)6(10,11)12/h3,22-24H,1-2H2;4,14-15H,2-3H2,1H3;3,13-14H,2H2,1H3. The first-order valence-corrected chi connectivity index (χ1v) is 12.9. The van der Waals surface area contributed by atoms with Gasteiger partial charge in [0.15, 0.2) is 0 Å². The topological polar surface area (TPSA) is 142 Å². The van der Waals surface area contributed by atoms with Crippen LogP contribution in [0.15, 0.2) is 0 Å². The van der Waals surface area contributed by atoms with Crippen molar-refractivity contribution >= 4 is 0 Å². The van der Waals surface area contributed by atoms with E-state index in [9.17, 15) is 105 Å². The summed E-state index contributed by atoms with van der Waals surface area (Å²) in [6.45, 7) is 1.76. The van der Waals surface area contributed by atoms with Crippen molar-refractivity contribution < 1.29 is 141 Å². The molecular formula is C22H26F24O7. The van der Waals surface area contributed by atoms with Gasteiger partial charge in [-0.25, -0.2) is 0 Å². The number of aliphatic hydroxyl groups is 7. The summed E-state index contributed by atoms with van der Waals surface area (Å²) in [4.78, 5) is 0. The van der Waals surface area contributed by atoms with Crippen LogP contribution in [0.1, 0.15) is 46.0 Å². The van der Waals surface area contributed by atoms with Crippen LogP contribution in [0.3, 0.4) is 0 Å². The van der Waals surface area contributed by atoms with Gasteiger partial charge in [0, 0.05) is 19.3 Å². The van der Waals surface area contributed by atoms with Gasteiger partial charge in [-0.1, -0.05) is 0 Å². The highest BCUT2D eigenvalue weighted by molar-refractivity contribution is 5.01. The van der Waals surface area contributed by atoms with Crippen LogP contribution in [0.4, 0.5) is 105 Å². The van der Waals surface area contributed by atoms with Crippen LogP contribution in [0.25, 0.3) is 0 Å². The summed E-state index contributed by atoms with van der Waals surface area (Å²) >= 11 is 0. The molecule has 2 atom stereocenters. The minimum Gasteiger partial charge on any atom is -0.393 e. The highest BCUT2D eigenvalue weighted by Gasteiger charge is 2.74. The molecule has 0 saturated carbocycles. The Hall–Kier alpha value is -1.96. The number of hydrogen-bond donors (Lipinski definition) is 7. The number of hydrogen-bond acceptors (Lipinski definition) is 7. The first-order chi connectivity index (χ1) is 22.4. The molecule has 0 bridgehead atoms. The predicted octanol–water partition coefficient (Wildman–Crippen LogP) is 6.46. The van der Waals surface area contributed by atoms with Crippen molar-refractivity contribution in [2.45, 2.75) is 136 Å². The van der Waals surface area contributed by atoms with Crippen molar-refractivity contribution in [1.82, 2.24) is 0 Å². The molecule has 324 valence electrons. The largest absolute Gasteiger partial charge is 0.426 e. The maximum atomic E-state index is 12.3. The molecule has 0 aromatic carbocycles. The van der Waals surface area contributed by atoms with Gasteiger partial charge in [-0.15, -0.1) is 0 Å². The Morgan fingerprint density at radius 1 is 0.321 bits per heavy atom. The van der Waals surface area contributed by atoms with Gasteiger partial charge < -0.3 is 35.7 Å². The van der Waals surface area contributed by atoms with Gasteiger partial charge in [0.1, 0.15) is 0 Å². The highest BCUT2D eigenvalue weighted by Crippen LogP contribution is 2.50. The molecule has 0 rings (SSSR count). The molecule has 0 spiro atoms. The third-order valence-electron chi connectivity index (χ3n) is 6.33. The van der Waals surface area contributed by atoms with E-state index in [1.807, 2.05) is 0 Å². The van der Waals surface area contributed by atoms with Crippen LogP contribution in [0.5, 0.6) is 0 Å². The summed E-state index contributed by atoms with van der Waals surface area (Å²) in [5.74, 6) is 0. The van der Waals surface area contributed by atoms with Crippen molar-refractivity contribution in [3.05, 3.63) is 0 Å². The summed E-state index contributed by atoms with van der Waals surface area (Å²) in [5, 5.41) is 60.1. The lowest BCUT2D eigenvalue weighted by atomic mass is 9.87. The van der Waals surface area contributed by atoms with Crippen molar-refractivity contribution in [3.8, 4) is 0 Å². The second-order valence-corrected chi connectivity index (χ2v) is 10.9. The monoisotopic (exact) mass is 858 g/mol. The summed E-state index contributed by atoms with van der Waals surface area (Å²) in [6, 6.07) is 0. The molecule has 53 heavy (non-hydrogen) atoms. The highest BCUT2D eigenvalue weighted by atomic mass is 19.4. The molecule has 31 heteroatoms. The summed E-state index contributed by atoms with van der Waals surface area (Å²) in [7, 11) is 0. The molecule has 0 aromatic heterocycles. The number of rotatable bonds is 9. The van der Waals surface area contributed by atoms with Gasteiger partial charge >= 0.3 is 49.4 Å².